The summed E-state index contributed by atoms with van der Waals surface area (Å²) in [6.07, 6.45) is 7.40. The van der Waals surface area contributed by atoms with Gasteiger partial charge >= 0.3 is 0 Å². The van der Waals surface area contributed by atoms with Gasteiger partial charge in [-0.1, -0.05) is 0 Å². The van der Waals surface area contributed by atoms with Gasteiger partial charge in [0.25, 0.3) is 0 Å². The summed E-state index contributed by atoms with van der Waals surface area (Å²) in [4.78, 5) is 9.21. The molecule has 4 heterocycles. The van der Waals surface area contributed by atoms with Gasteiger partial charge in [-0.05, 0) is 37.1 Å². The Morgan fingerprint density at radius 3 is 3.00 bits per heavy atom. The molecule has 140 valence electrons. The second-order valence-corrected chi connectivity index (χ2v) is 6.90. The molecule has 2 aliphatic rings. The lowest BCUT2D eigenvalue weighted by atomic mass is 9.94. The van der Waals surface area contributed by atoms with Crippen LogP contribution in [0.25, 0.3) is 16.8 Å². The van der Waals surface area contributed by atoms with Crippen molar-refractivity contribution in [2.45, 2.75) is 31.9 Å². The summed E-state index contributed by atoms with van der Waals surface area (Å²) < 4.78 is 5.69. The molecule has 0 spiro atoms. The minimum absolute atomic E-state index is 0.337. The van der Waals surface area contributed by atoms with Crippen LogP contribution in [0.5, 0.6) is 0 Å². The van der Waals surface area contributed by atoms with Gasteiger partial charge < -0.3 is 26.9 Å². The van der Waals surface area contributed by atoms with Gasteiger partial charge in [-0.3, -0.25) is 4.98 Å². The fourth-order valence-electron chi connectivity index (χ4n) is 3.83. The first-order valence-corrected chi connectivity index (χ1v) is 9.23. The van der Waals surface area contributed by atoms with E-state index < -0.39 is 0 Å². The molecule has 0 radical (unpaired) electrons. The highest BCUT2D eigenvalue weighted by Crippen LogP contribution is 2.34. The molecule has 7 nitrogen and oxygen atoms in total. The zero-order valence-corrected chi connectivity index (χ0v) is 15.2. The topological polar surface area (TPSA) is 123 Å². The van der Waals surface area contributed by atoms with Crippen molar-refractivity contribution in [3.8, 4) is 11.3 Å². The maximum atomic E-state index is 7.55. The van der Waals surface area contributed by atoms with E-state index in [2.05, 4.69) is 16.4 Å². The number of hydrogen-bond donors (Lipinski definition) is 4. The number of rotatable bonds is 4. The molecule has 0 aliphatic carbocycles. The van der Waals surface area contributed by atoms with E-state index in [4.69, 9.17) is 26.6 Å². The molecular formula is C20H24N6O. The standard InChI is InChI=1S/C20H24N6O/c21-8-13(9-22)14-6-12(10-25-20(14)23)19-7-15(17-2-1-4-24-17)16-11-27-5-3-18(16)26-19/h6-10,17,21,24H,1-5,11,22H2,(H2,23,25). The highest BCUT2D eigenvalue weighted by atomic mass is 16.5. The molecule has 2 aromatic heterocycles. The van der Waals surface area contributed by atoms with Gasteiger partial charge in [0.1, 0.15) is 5.82 Å². The molecule has 1 atom stereocenters. The number of nitrogens with zero attached hydrogens (tertiary/aromatic N) is 2. The summed E-state index contributed by atoms with van der Waals surface area (Å²) in [6.45, 7) is 2.35. The van der Waals surface area contributed by atoms with Gasteiger partial charge in [-0.2, -0.15) is 0 Å². The molecule has 1 unspecified atom stereocenters. The largest absolute Gasteiger partial charge is 0.404 e. The molecule has 1 fully saturated rings. The first kappa shape index (κ1) is 17.6. The summed E-state index contributed by atoms with van der Waals surface area (Å²) in [6, 6.07) is 4.39. The Labute approximate surface area is 158 Å². The van der Waals surface area contributed by atoms with Gasteiger partial charge in [0.05, 0.1) is 18.9 Å². The molecule has 0 bridgehead atoms. The Morgan fingerprint density at radius 1 is 1.37 bits per heavy atom. The predicted molar refractivity (Wildman–Crippen MR) is 106 cm³/mol. The number of hydrogen-bond acceptors (Lipinski definition) is 7. The molecule has 27 heavy (non-hydrogen) atoms. The number of nitrogens with one attached hydrogen (secondary N) is 2. The number of pyridine rings is 2. The van der Waals surface area contributed by atoms with Crippen molar-refractivity contribution < 1.29 is 4.74 Å². The van der Waals surface area contributed by atoms with Gasteiger partial charge in [0.15, 0.2) is 0 Å². The smallest absolute Gasteiger partial charge is 0.131 e. The highest BCUT2D eigenvalue weighted by Gasteiger charge is 2.25. The molecule has 0 saturated carbocycles. The van der Waals surface area contributed by atoms with Gasteiger partial charge in [-0.15, -0.1) is 0 Å². The van der Waals surface area contributed by atoms with E-state index in [-0.39, 0.29) is 0 Å². The fourth-order valence-corrected chi connectivity index (χ4v) is 3.83. The maximum Gasteiger partial charge on any atom is 0.131 e. The molecule has 0 aromatic carbocycles. The van der Waals surface area contributed by atoms with Crippen molar-refractivity contribution >= 4 is 17.6 Å². The quantitative estimate of drug-likeness (QED) is 0.617. The average Bonchev–Trinajstić information content (AvgIpc) is 3.24. The minimum Gasteiger partial charge on any atom is -0.404 e. The first-order chi connectivity index (χ1) is 13.2. The Bertz CT molecular complexity index is 902. The average molecular weight is 364 g/mol. The predicted octanol–water partition coefficient (Wildman–Crippen LogP) is 2.17. The van der Waals surface area contributed by atoms with Crippen LogP contribution in [0.2, 0.25) is 0 Å². The molecule has 4 rings (SSSR count). The zero-order valence-electron chi connectivity index (χ0n) is 15.2. The number of anilines is 1. The molecule has 0 amide bonds. The minimum atomic E-state index is 0.337. The lowest BCUT2D eigenvalue weighted by Gasteiger charge is -2.24. The Hall–Kier alpha value is -2.77. The van der Waals surface area contributed by atoms with E-state index in [9.17, 15) is 0 Å². The zero-order chi connectivity index (χ0) is 18.8. The van der Waals surface area contributed by atoms with Gasteiger partial charge in [-0.25, -0.2) is 4.98 Å². The lowest BCUT2D eigenvalue weighted by Crippen LogP contribution is -2.20. The molecule has 2 aliphatic heterocycles. The number of allylic oxidation sites excluding steroid dienone is 1. The fraction of sp³-hybridized carbons (Fsp3) is 0.350. The SMILES string of the molecule is N=CC(=CN)c1cc(-c2cc(C3CCCN3)c3c(n2)CCOC3)cnc1N. The molecule has 1 saturated heterocycles. The van der Waals surface area contributed by atoms with Crippen LogP contribution >= 0.6 is 0 Å². The first-order valence-electron chi connectivity index (χ1n) is 9.23. The van der Waals surface area contributed by atoms with Crippen molar-refractivity contribution in [1.82, 2.24) is 15.3 Å². The molecule has 2 aromatic rings. The van der Waals surface area contributed by atoms with Crippen LogP contribution in [0.1, 0.15) is 41.3 Å². The van der Waals surface area contributed by atoms with Crippen molar-refractivity contribution in [3.63, 3.8) is 0 Å². The van der Waals surface area contributed by atoms with Crippen LogP contribution in [0, 0.1) is 5.41 Å². The lowest BCUT2D eigenvalue weighted by molar-refractivity contribution is 0.108. The maximum absolute atomic E-state index is 7.55. The number of nitrogens with two attached hydrogens (primary N) is 2. The molecule has 7 heteroatoms. The summed E-state index contributed by atoms with van der Waals surface area (Å²) in [5, 5.41) is 11.1. The van der Waals surface area contributed by atoms with E-state index >= 15 is 0 Å². The summed E-state index contributed by atoms with van der Waals surface area (Å²) in [5.74, 6) is 0.350. The van der Waals surface area contributed by atoms with Crippen LogP contribution in [0.3, 0.4) is 0 Å². The van der Waals surface area contributed by atoms with Crippen LogP contribution in [-0.4, -0.2) is 29.3 Å². The van der Waals surface area contributed by atoms with E-state index in [0.29, 0.717) is 36.2 Å². The van der Waals surface area contributed by atoms with Crippen LogP contribution < -0.4 is 16.8 Å². The van der Waals surface area contributed by atoms with Crippen molar-refractivity contribution in [2.24, 2.45) is 5.73 Å². The number of fused-ring (bicyclic) bond motifs is 1. The van der Waals surface area contributed by atoms with Crippen molar-refractivity contribution in [2.75, 3.05) is 18.9 Å². The molecule has 6 N–H and O–H groups in total. The van der Waals surface area contributed by atoms with Crippen LogP contribution in [0.15, 0.2) is 24.5 Å². The van der Waals surface area contributed by atoms with E-state index in [0.717, 1.165) is 36.3 Å². The second kappa shape index (κ2) is 7.46. The summed E-state index contributed by atoms with van der Waals surface area (Å²) in [7, 11) is 0. The van der Waals surface area contributed by atoms with Crippen molar-refractivity contribution in [3.05, 3.63) is 46.9 Å². The Kier molecular flexibility index (Phi) is 4.87. The highest BCUT2D eigenvalue weighted by molar-refractivity contribution is 6.10. The van der Waals surface area contributed by atoms with Crippen molar-refractivity contribution in [1.29, 1.82) is 5.41 Å². The second-order valence-electron chi connectivity index (χ2n) is 6.90. The number of nitrogen functional groups attached to an aromatic ring is 1. The van der Waals surface area contributed by atoms with Gasteiger partial charge in [0.2, 0.25) is 0 Å². The Balaban J connectivity index is 1.83. The van der Waals surface area contributed by atoms with E-state index in [1.807, 2.05) is 6.07 Å². The third-order valence-electron chi connectivity index (χ3n) is 5.27. The normalized spacial score (nSPS) is 19.7. The number of aromatic nitrogens is 2. The number of ether oxygens (including phenoxy) is 1. The third-order valence-corrected chi connectivity index (χ3v) is 5.27. The van der Waals surface area contributed by atoms with Crippen LogP contribution in [-0.2, 0) is 17.8 Å². The monoisotopic (exact) mass is 364 g/mol. The summed E-state index contributed by atoms with van der Waals surface area (Å²) in [5.41, 5.74) is 18.1. The van der Waals surface area contributed by atoms with E-state index in [1.54, 1.807) is 6.20 Å². The summed E-state index contributed by atoms with van der Waals surface area (Å²) >= 11 is 0. The van der Waals surface area contributed by atoms with E-state index in [1.165, 1.54) is 30.0 Å². The van der Waals surface area contributed by atoms with Crippen LogP contribution in [0.4, 0.5) is 5.82 Å². The third kappa shape index (κ3) is 3.31. The Morgan fingerprint density at radius 2 is 2.26 bits per heavy atom. The molecular weight excluding hydrogens is 340 g/mol. The van der Waals surface area contributed by atoms with Gasteiger partial charge in [0, 0.05) is 59.0 Å².